The summed E-state index contributed by atoms with van der Waals surface area (Å²) in [6.45, 7) is 2.85. The maximum absolute atomic E-state index is 12.9. The van der Waals surface area contributed by atoms with Crippen LogP contribution in [0.3, 0.4) is 0 Å². The molecule has 0 aliphatic carbocycles. The highest BCUT2D eigenvalue weighted by Crippen LogP contribution is 2.39. The first-order valence-corrected chi connectivity index (χ1v) is 7.79. The Hall–Kier alpha value is -1.94. The monoisotopic (exact) mass is 299 g/mol. The summed E-state index contributed by atoms with van der Waals surface area (Å²) in [6, 6.07) is 15.4. The molecule has 0 N–H and O–H groups in total. The molecule has 2 aromatic rings. The van der Waals surface area contributed by atoms with Gasteiger partial charge in [0.05, 0.1) is 18.4 Å². The van der Waals surface area contributed by atoms with Crippen LogP contribution in [0.15, 0.2) is 53.4 Å². The molecule has 108 valence electrons. The summed E-state index contributed by atoms with van der Waals surface area (Å²) in [5.41, 5.74) is 1.59. The highest BCUT2D eigenvalue weighted by molar-refractivity contribution is 8.00. The molecular weight excluding hydrogens is 282 g/mol. The predicted molar refractivity (Wildman–Crippen MR) is 86.4 cm³/mol. The third-order valence-electron chi connectivity index (χ3n) is 3.51. The molecule has 1 unspecified atom stereocenters. The Morgan fingerprint density at radius 1 is 1.19 bits per heavy atom. The molecule has 0 bridgehead atoms. The molecule has 2 aromatic carbocycles. The molecule has 3 nitrogen and oxygen atoms in total. The molecular formula is C17H17NO2S. The van der Waals surface area contributed by atoms with Crippen LogP contribution >= 0.6 is 11.8 Å². The van der Waals surface area contributed by atoms with Crippen LogP contribution in [0, 0.1) is 0 Å². The summed E-state index contributed by atoms with van der Waals surface area (Å²) >= 11 is 1.81. The second-order valence-electron chi connectivity index (χ2n) is 5.01. The molecule has 0 aromatic heterocycles. The van der Waals surface area contributed by atoms with Gasteiger partial charge < -0.3 is 9.64 Å². The summed E-state index contributed by atoms with van der Waals surface area (Å²) in [4.78, 5) is 15.9. The summed E-state index contributed by atoms with van der Waals surface area (Å²) in [7, 11) is 1.59. The number of hydrogen-bond donors (Lipinski definition) is 0. The fraction of sp³-hybridized carbons (Fsp3) is 0.235. The number of nitrogens with zero attached hydrogens (tertiary/aromatic N) is 1. The van der Waals surface area contributed by atoms with Crippen LogP contribution in [0.25, 0.3) is 0 Å². The molecule has 1 aliphatic rings. The molecule has 0 saturated carbocycles. The number of carbonyl (C=O) groups is 1. The molecule has 0 radical (unpaired) electrons. The number of benzene rings is 2. The van der Waals surface area contributed by atoms with Gasteiger partial charge in [-0.1, -0.05) is 31.2 Å². The number of anilines is 1. The Morgan fingerprint density at radius 2 is 1.90 bits per heavy atom. The van der Waals surface area contributed by atoms with Gasteiger partial charge in [-0.15, -0.1) is 11.8 Å². The van der Waals surface area contributed by atoms with Crippen molar-refractivity contribution in [1.29, 1.82) is 0 Å². The van der Waals surface area contributed by atoms with Gasteiger partial charge in [0.2, 0.25) is 0 Å². The van der Waals surface area contributed by atoms with Gasteiger partial charge in [0, 0.05) is 16.7 Å². The number of ether oxygens (including phenoxy) is 1. The minimum absolute atomic E-state index is 0.00736. The Kier molecular flexibility index (Phi) is 3.88. The van der Waals surface area contributed by atoms with E-state index in [2.05, 4.69) is 13.0 Å². The second-order valence-corrected chi connectivity index (χ2v) is 6.49. The summed E-state index contributed by atoms with van der Waals surface area (Å²) < 4.78 is 5.32. The number of rotatable bonds is 2. The summed E-state index contributed by atoms with van der Waals surface area (Å²) in [5, 5.41) is 0.374. The molecule has 0 fully saturated rings. The molecule has 4 heteroatoms. The van der Waals surface area contributed by atoms with Crippen molar-refractivity contribution in [2.45, 2.75) is 17.1 Å². The SMILES string of the molecule is COc1ccccc1C(=O)N1CC(C)Sc2ccccc21. The van der Waals surface area contributed by atoms with Crippen molar-refractivity contribution < 1.29 is 9.53 Å². The van der Waals surface area contributed by atoms with Gasteiger partial charge in [0.25, 0.3) is 5.91 Å². The summed E-state index contributed by atoms with van der Waals surface area (Å²) in [5.74, 6) is 0.609. The normalized spacial score (nSPS) is 17.2. The van der Waals surface area contributed by atoms with Gasteiger partial charge in [0.15, 0.2) is 0 Å². The fourth-order valence-corrected chi connectivity index (χ4v) is 3.66. The van der Waals surface area contributed by atoms with E-state index < -0.39 is 0 Å². The van der Waals surface area contributed by atoms with Gasteiger partial charge in [0.1, 0.15) is 5.75 Å². The van der Waals surface area contributed by atoms with E-state index in [0.717, 1.165) is 10.6 Å². The number of carbonyl (C=O) groups excluding carboxylic acids is 1. The maximum Gasteiger partial charge on any atom is 0.262 e. The first kappa shape index (κ1) is 14.0. The van der Waals surface area contributed by atoms with Gasteiger partial charge in [-0.05, 0) is 24.3 Å². The van der Waals surface area contributed by atoms with E-state index in [0.29, 0.717) is 23.1 Å². The minimum atomic E-state index is -0.00736. The molecule has 1 aliphatic heterocycles. The smallest absolute Gasteiger partial charge is 0.262 e. The van der Waals surface area contributed by atoms with Crippen LogP contribution in [-0.4, -0.2) is 24.8 Å². The van der Waals surface area contributed by atoms with Crippen LogP contribution in [0.2, 0.25) is 0 Å². The second kappa shape index (κ2) is 5.82. The standard InChI is InChI=1S/C17H17NO2S/c1-12-11-18(14-8-4-6-10-16(14)21-12)17(19)13-7-3-5-9-15(13)20-2/h3-10,12H,11H2,1-2H3. The van der Waals surface area contributed by atoms with Crippen LogP contribution in [0.1, 0.15) is 17.3 Å². The average molecular weight is 299 g/mol. The van der Waals surface area contributed by atoms with Gasteiger partial charge in [-0.2, -0.15) is 0 Å². The van der Waals surface area contributed by atoms with Crippen molar-refractivity contribution in [2.24, 2.45) is 0 Å². The zero-order valence-corrected chi connectivity index (χ0v) is 12.9. The van der Waals surface area contributed by atoms with Crippen LogP contribution in [0.5, 0.6) is 5.75 Å². The minimum Gasteiger partial charge on any atom is -0.496 e. The molecule has 1 atom stereocenters. The van der Waals surface area contributed by atoms with Gasteiger partial charge in [-0.25, -0.2) is 0 Å². The first-order valence-electron chi connectivity index (χ1n) is 6.91. The lowest BCUT2D eigenvalue weighted by molar-refractivity contribution is 0.0983. The lowest BCUT2D eigenvalue weighted by Gasteiger charge is -2.32. The molecule has 0 spiro atoms. The van der Waals surface area contributed by atoms with Crippen molar-refractivity contribution in [1.82, 2.24) is 0 Å². The maximum atomic E-state index is 12.9. The number of para-hydroxylation sites is 2. The first-order chi connectivity index (χ1) is 10.2. The van der Waals surface area contributed by atoms with Crippen LogP contribution < -0.4 is 9.64 Å². The van der Waals surface area contributed by atoms with E-state index in [9.17, 15) is 4.79 Å². The lowest BCUT2D eigenvalue weighted by atomic mass is 10.1. The van der Waals surface area contributed by atoms with Crippen molar-refractivity contribution in [2.75, 3.05) is 18.6 Å². The Balaban J connectivity index is 2.02. The van der Waals surface area contributed by atoms with E-state index in [1.807, 2.05) is 59.1 Å². The predicted octanol–water partition coefficient (Wildman–Crippen LogP) is 3.84. The van der Waals surface area contributed by atoms with Gasteiger partial charge >= 0.3 is 0 Å². The van der Waals surface area contributed by atoms with Crippen molar-refractivity contribution >= 4 is 23.4 Å². The van der Waals surface area contributed by atoms with E-state index in [1.165, 1.54) is 0 Å². The Morgan fingerprint density at radius 3 is 2.71 bits per heavy atom. The molecule has 1 amide bonds. The lowest BCUT2D eigenvalue weighted by Crippen LogP contribution is -2.38. The van der Waals surface area contributed by atoms with E-state index >= 15 is 0 Å². The molecule has 0 saturated heterocycles. The van der Waals surface area contributed by atoms with Crippen molar-refractivity contribution in [3.05, 3.63) is 54.1 Å². The molecule has 21 heavy (non-hydrogen) atoms. The topological polar surface area (TPSA) is 29.5 Å². The van der Waals surface area contributed by atoms with E-state index in [1.54, 1.807) is 7.11 Å². The molecule has 1 heterocycles. The number of methoxy groups -OCH3 is 1. The fourth-order valence-electron chi connectivity index (χ4n) is 2.55. The van der Waals surface area contributed by atoms with Crippen molar-refractivity contribution in [3.63, 3.8) is 0 Å². The highest BCUT2D eigenvalue weighted by Gasteiger charge is 2.28. The number of amides is 1. The number of hydrogen-bond acceptors (Lipinski definition) is 3. The van der Waals surface area contributed by atoms with E-state index in [-0.39, 0.29) is 5.91 Å². The third kappa shape index (κ3) is 2.63. The largest absolute Gasteiger partial charge is 0.496 e. The Labute approximate surface area is 128 Å². The summed E-state index contributed by atoms with van der Waals surface area (Å²) in [6.07, 6.45) is 0. The Bertz CT molecular complexity index is 671. The van der Waals surface area contributed by atoms with E-state index in [4.69, 9.17) is 4.74 Å². The molecule has 3 rings (SSSR count). The van der Waals surface area contributed by atoms with Crippen molar-refractivity contribution in [3.8, 4) is 5.75 Å². The third-order valence-corrected chi connectivity index (χ3v) is 4.66. The van der Waals surface area contributed by atoms with Crippen LogP contribution in [-0.2, 0) is 0 Å². The van der Waals surface area contributed by atoms with Crippen LogP contribution in [0.4, 0.5) is 5.69 Å². The average Bonchev–Trinajstić information content (AvgIpc) is 2.53. The number of thioether (sulfide) groups is 1. The van der Waals surface area contributed by atoms with Gasteiger partial charge in [-0.3, -0.25) is 4.79 Å². The number of fused-ring (bicyclic) bond motifs is 1. The zero-order valence-electron chi connectivity index (χ0n) is 12.1. The quantitative estimate of drug-likeness (QED) is 0.844. The zero-order chi connectivity index (χ0) is 14.8. The highest BCUT2D eigenvalue weighted by atomic mass is 32.2.